The summed E-state index contributed by atoms with van der Waals surface area (Å²) in [7, 11) is 0. The van der Waals surface area contributed by atoms with Crippen LogP contribution in [-0.2, 0) is 11.2 Å². The van der Waals surface area contributed by atoms with Crippen molar-refractivity contribution >= 4 is 17.5 Å². The van der Waals surface area contributed by atoms with Gasteiger partial charge in [-0.2, -0.15) is 5.10 Å². The maximum atomic E-state index is 11.6. The van der Waals surface area contributed by atoms with Gasteiger partial charge in [-0.1, -0.05) is 18.2 Å². The molecule has 21 heavy (non-hydrogen) atoms. The number of halogens is 1. The molecule has 0 fully saturated rings. The maximum absolute atomic E-state index is 11.6. The highest BCUT2D eigenvalue weighted by molar-refractivity contribution is 6.30. The molecule has 0 aliphatic carbocycles. The second-order valence-corrected chi connectivity index (χ2v) is 5.91. The third kappa shape index (κ3) is 4.08. The highest BCUT2D eigenvalue weighted by atomic mass is 35.5. The van der Waals surface area contributed by atoms with Crippen LogP contribution in [0.25, 0.3) is 5.69 Å². The molecule has 5 heteroatoms. The Hall–Kier alpha value is -1.81. The number of hydrogen-bond donors (Lipinski definition) is 1. The minimum atomic E-state index is -0.520. The number of benzene rings is 1. The van der Waals surface area contributed by atoms with Gasteiger partial charge in [-0.25, -0.2) is 4.68 Å². The number of aryl methyl sites for hydroxylation is 1. The van der Waals surface area contributed by atoms with Crippen molar-refractivity contribution in [2.75, 3.05) is 0 Å². The van der Waals surface area contributed by atoms with Crippen LogP contribution >= 0.6 is 11.6 Å². The molecule has 0 aliphatic heterocycles. The number of carbonyl (C=O) groups is 1. The van der Waals surface area contributed by atoms with Crippen molar-refractivity contribution < 1.29 is 4.79 Å². The molecule has 0 spiro atoms. The topological polar surface area (TPSA) is 46.9 Å². The van der Waals surface area contributed by atoms with Crippen LogP contribution in [0.15, 0.2) is 36.4 Å². The van der Waals surface area contributed by atoms with E-state index in [1.807, 2.05) is 54.9 Å². The van der Waals surface area contributed by atoms with Gasteiger partial charge in [0.05, 0.1) is 11.4 Å². The highest BCUT2D eigenvalue weighted by Gasteiger charge is 2.15. The summed E-state index contributed by atoms with van der Waals surface area (Å²) in [6.07, 6.45) is 0.699. The lowest BCUT2D eigenvalue weighted by atomic mass is 10.1. The molecule has 0 aliphatic rings. The van der Waals surface area contributed by atoms with Crippen LogP contribution in [0.5, 0.6) is 0 Å². The Morgan fingerprint density at radius 3 is 2.62 bits per heavy atom. The Kier molecular flexibility index (Phi) is 5.02. The monoisotopic (exact) mass is 305 g/mol. The molecule has 1 aromatic carbocycles. The van der Waals surface area contributed by atoms with Gasteiger partial charge in [-0.15, -0.1) is 11.6 Å². The van der Waals surface area contributed by atoms with E-state index in [1.54, 1.807) is 6.92 Å². The molecule has 2 aromatic rings. The number of carbonyl (C=O) groups excluding carboxylic acids is 1. The van der Waals surface area contributed by atoms with Gasteiger partial charge in [0.1, 0.15) is 5.38 Å². The zero-order chi connectivity index (χ0) is 15.4. The number of aromatic nitrogens is 2. The van der Waals surface area contributed by atoms with Gasteiger partial charge in [0, 0.05) is 18.2 Å². The lowest BCUT2D eigenvalue weighted by Crippen LogP contribution is -2.38. The van der Waals surface area contributed by atoms with Gasteiger partial charge in [-0.3, -0.25) is 4.79 Å². The lowest BCUT2D eigenvalue weighted by molar-refractivity contribution is -0.121. The number of nitrogens with zero attached hydrogens (tertiary/aromatic N) is 2. The molecule has 2 rings (SSSR count). The van der Waals surface area contributed by atoms with Crippen molar-refractivity contribution in [2.24, 2.45) is 0 Å². The first-order valence-corrected chi connectivity index (χ1v) is 7.46. The van der Waals surface area contributed by atoms with E-state index in [0.717, 1.165) is 17.1 Å². The van der Waals surface area contributed by atoms with Crippen LogP contribution in [0.1, 0.15) is 25.2 Å². The maximum Gasteiger partial charge on any atom is 0.237 e. The summed E-state index contributed by atoms with van der Waals surface area (Å²) >= 11 is 5.78. The summed E-state index contributed by atoms with van der Waals surface area (Å²) < 4.78 is 1.92. The van der Waals surface area contributed by atoms with E-state index in [1.165, 1.54) is 0 Å². The predicted molar refractivity (Wildman–Crippen MR) is 84.9 cm³/mol. The smallest absolute Gasteiger partial charge is 0.237 e. The summed E-state index contributed by atoms with van der Waals surface area (Å²) in [5, 5.41) is 6.91. The summed E-state index contributed by atoms with van der Waals surface area (Å²) in [4.78, 5) is 11.6. The molecule has 1 N–H and O–H groups in total. The number of amides is 1. The van der Waals surface area contributed by atoms with Gasteiger partial charge in [0.25, 0.3) is 0 Å². The van der Waals surface area contributed by atoms with Gasteiger partial charge in [0.2, 0.25) is 5.91 Å². The molecule has 112 valence electrons. The van der Waals surface area contributed by atoms with E-state index in [0.29, 0.717) is 6.42 Å². The molecular weight excluding hydrogens is 286 g/mol. The highest BCUT2D eigenvalue weighted by Crippen LogP contribution is 2.14. The second kappa shape index (κ2) is 6.76. The number of hydrogen-bond acceptors (Lipinski definition) is 2. The van der Waals surface area contributed by atoms with Crippen molar-refractivity contribution in [3.8, 4) is 5.69 Å². The number of rotatable bonds is 5. The van der Waals surface area contributed by atoms with Gasteiger partial charge in [0.15, 0.2) is 0 Å². The summed E-state index contributed by atoms with van der Waals surface area (Å²) in [6, 6.07) is 12.0. The minimum absolute atomic E-state index is 0.00253. The first kappa shape index (κ1) is 15.6. The average Bonchev–Trinajstić information content (AvgIpc) is 2.80. The molecule has 1 amide bonds. The molecular formula is C16H20ClN3O. The number of nitrogens with one attached hydrogen (secondary N) is 1. The van der Waals surface area contributed by atoms with Crippen LogP contribution in [0.3, 0.4) is 0 Å². The zero-order valence-corrected chi connectivity index (χ0v) is 13.3. The van der Waals surface area contributed by atoms with Gasteiger partial charge in [-0.05, 0) is 39.0 Å². The standard InChI is InChI=1S/C16H20ClN3O/c1-11(18-16(21)13(3)17)9-15-10-12(2)19-20(15)14-7-5-4-6-8-14/h4-8,10-11,13H,9H2,1-3H3,(H,18,21). The summed E-state index contributed by atoms with van der Waals surface area (Å²) in [6.45, 7) is 5.60. The molecule has 0 bridgehead atoms. The number of para-hydroxylation sites is 1. The molecule has 2 atom stereocenters. The second-order valence-electron chi connectivity index (χ2n) is 5.25. The van der Waals surface area contributed by atoms with Crippen LogP contribution in [-0.4, -0.2) is 27.1 Å². The zero-order valence-electron chi connectivity index (χ0n) is 12.5. The summed E-state index contributed by atoms with van der Waals surface area (Å²) in [5.41, 5.74) is 3.04. The molecule has 0 radical (unpaired) electrons. The van der Waals surface area contributed by atoms with Crippen LogP contribution in [0.2, 0.25) is 0 Å². The molecule has 4 nitrogen and oxygen atoms in total. The van der Waals surface area contributed by atoms with E-state index in [4.69, 9.17) is 11.6 Å². The van der Waals surface area contributed by atoms with Gasteiger partial charge >= 0.3 is 0 Å². The SMILES string of the molecule is Cc1cc(CC(C)NC(=O)C(C)Cl)n(-c2ccccc2)n1. The molecule has 2 unspecified atom stereocenters. The van der Waals surface area contributed by atoms with Crippen LogP contribution in [0, 0.1) is 6.92 Å². The fourth-order valence-electron chi connectivity index (χ4n) is 2.21. The van der Waals surface area contributed by atoms with E-state index >= 15 is 0 Å². The van der Waals surface area contributed by atoms with E-state index < -0.39 is 5.38 Å². The van der Waals surface area contributed by atoms with E-state index in [-0.39, 0.29) is 11.9 Å². The third-order valence-electron chi connectivity index (χ3n) is 3.17. The first-order valence-electron chi connectivity index (χ1n) is 7.03. The van der Waals surface area contributed by atoms with Crippen molar-refractivity contribution in [2.45, 2.75) is 38.6 Å². The Bertz CT molecular complexity index is 607. The molecule has 1 heterocycles. The third-order valence-corrected chi connectivity index (χ3v) is 3.37. The molecule has 0 saturated heterocycles. The normalized spacial score (nSPS) is 13.7. The van der Waals surface area contributed by atoms with Crippen molar-refractivity contribution in [3.05, 3.63) is 47.8 Å². The summed E-state index contributed by atoms with van der Waals surface area (Å²) in [5.74, 6) is -0.147. The Balaban J connectivity index is 2.16. The Labute approximate surface area is 130 Å². The van der Waals surface area contributed by atoms with E-state index in [9.17, 15) is 4.79 Å². The van der Waals surface area contributed by atoms with Crippen molar-refractivity contribution in [1.29, 1.82) is 0 Å². The quantitative estimate of drug-likeness (QED) is 0.864. The fourth-order valence-corrected chi connectivity index (χ4v) is 2.28. The fraction of sp³-hybridized carbons (Fsp3) is 0.375. The van der Waals surface area contributed by atoms with E-state index in [2.05, 4.69) is 10.4 Å². The van der Waals surface area contributed by atoms with Gasteiger partial charge < -0.3 is 5.32 Å². The lowest BCUT2D eigenvalue weighted by Gasteiger charge is -2.16. The Morgan fingerprint density at radius 1 is 1.33 bits per heavy atom. The minimum Gasteiger partial charge on any atom is -0.352 e. The molecule has 0 saturated carbocycles. The predicted octanol–water partition coefficient (Wildman–Crippen LogP) is 2.86. The van der Waals surface area contributed by atoms with Crippen molar-refractivity contribution in [1.82, 2.24) is 15.1 Å². The molecule has 1 aromatic heterocycles. The number of alkyl halides is 1. The Morgan fingerprint density at radius 2 is 2.00 bits per heavy atom. The van der Waals surface area contributed by atoms with Crippen molar-refractivity contribution in [3.63, 3.8) is 0 Å². The van der Waals surface area contributed by atoms with Crippen LogP contribution in [0.4, 0.5) is 0 Å². The van der Waals surface area contributed by atoms with Crippen LogP contribution < -0.4 is 5.32 Å². The average molecular weight is 306 g/mol. The largest absolute Gasteiger partial charge is 0.352 e. The first-order chi connectivity index (χ1) is 9.97.